The number of benzene rings is 3. The van der Waals surface area contributed by atoms with Gasteiger partial charge in [-0.3, -0.25) is 0 Å². The van der Waals surface area contributed by atoms with Gasteiger partial charge in [0.05, 0.1) is 22.3 Å². The molecule has 40 heavy (non-hydrogen) atoms. The maximum absolute atomic E-state index is 14.0. The van der Waals surface area contributed by atoms with E-state index in [0.29, 0.717) is 5.56 Å². The normalized spacial score (nSPS) is 13.9. The lowest BCUT2D eigenvalue weighted by Gasteiger charge is -2.40. The number of carbonyl (C=O) groups excluding carboxylic acids is 1. The molecule has 0 aliphatic rings. The van der Waals surface area contributed by atoms with Crippen LogP contribution in [0.1, 0.15) is 34.8 Å². The molecular formula is C31H33NO6S2. The summed E-state index contributed by atoms with van der Waals surface area (Å²) in [6.07, 6.45) is 2.38. The molecule has 0 bridgehead atoms. The molecule has 7 nitrogen and oxygen atoms in total. The van der Waals surface area contributed by atoms with E-state index in [2.05, 4.69) is 18.4 Å². The van der Waals surface area contributed by atoms with Crippen molar-refractivity contribution in [1.29, 1.82) is 0 Å². The molecule has 0 radical (unpaired) electrons. The van der Waals surface area contributed by atoms with Crippen LogP contribution < -0.4 is 0 Å². The molecule has 9 heteroatoms. The Labute approximate surface area is 237 Å². The molecule has 3 aromatic carbocycles. The summed E-state index contributed by atoms with van der Waals surface area (Å²) in [6, 6.07) is 21.9. The molecule has 0 amide bonds. The van der Waals surface area contributed by atoms with Crippen LogP contribution in [0.2, 0.25) is 0 Å². The van der Waals surface area contributed by atoms with Gasteiger partial charge in [-0.05, 0) is 55.7 Å². The molecule has 1 unspecified atom stereocenters. The zero-order chi connectivity index (χ0) is 29.4. The van der Waals surface area contributed by atoms with Crippen molar-refractivity contribution in [2.45, 2.75) is 36.8 Å². The van der Waals surface area contributed by atoms with Gasteiger partial charge < -0.3 is 4.74 Å². The second kappa shape index (κ2) is 13.1. The Balaban J connectivity index is 2.29. The lowest BCUT2D eigenvalue weighted by Crippen LogP contribution is -2.59. The summed E-state index contributed by atoms with van der Waals surface area (Å²) < 4.78 is 60.8. The van der Waals surface area contributed by atoms with Crippen molar-refractivity contribution < 1.29 is 26.4 Å². The lowest BCUT2D eigenvalue weighted by atomic mass is 9.91. The summed E-state index contributed by atoms with van der Waals surface area (Å²) in [4.78, 5) is 13.4. The van der Waals surface area contributed by atoms with Gasteiger partial charge in [-0.25, -0.2) is 21.6 Å². The lowest BCUT2D eigenvalue weighted by molar-refractivity contribution is -0.0175. The van der Waals surface area contributed by atoms with E-state index in [9.17, 15) is 21.6 Å². The Morgan fingerprint density at radius 2 is 1.55 bits per heavy atom. The first-order valence-corrected chi connectivity index (χ1v) is 16.2. The minimum absolute atomic E-state index is 0.00263. The number of aryl methyl sites for hydroxylation is 1. The van der Waals surface area contributed by atoms with Crippen LogP contribution in [0.25, 0.3) is 0 Å². The van der Waals surface area contributed by atoms with E-state index in [1.807, 2.05) is 13.0 Å². The Morgan fingerprint density at radius 3 is 2.08 bits per heavy atom. The summed E-state index contributed by atoms with van der Waals surface area (Å²) in [5.41, 5.74) is -0.176. The van der Waals surface area contributed by atoms with E-state index in [1.165, 1.54) is 18.2 Å². The van der Waals surface area contributed by atoms with Crippen LogP contribution in [0.15, 0.2) is 102 Å². The number of hydrogen-bond acceptors (Lipinski definition) is 6. The highest BCUT2D eigenvalue weighted by atomic mass is 32.2. The minimum Gasteiger partial charge on any atom is -0.440 e. The molecule has 3 rings (SSSR count). The molecule has 0 saturated heterocycles. The van der Waals surface area contributed by atoms with Crippen LogP contribution in [0, 0.1) is 18.8 Å². The highest BCUT2D eigenvalue weighted by Crippen LogP contribution is 2.32. The van der Waals surface area contributed by atoms with Crippen LogP contribution in [-0.4, -0.2) is 57.3 Å². The van der Waals surface area contributed by atoms with Crippen LogP contribution >= 0.6 is 0 Å². The monoisotopic (exact) mass is 579 g/mol. The van der Waals surface area contributed by atoms with Crippen molar-refractivity contribution in [3.8, 4) is 11.8 Å². The third kappa shape index (κ3) is 7.69. The molecular weight excluding hydrogens is 546 g/mol. The van der Waals surface area contributed by atoms with Crippen LogP contribution in [-0.2, 0) is 24.6 Å². The quantitative estimate of drug-likeness (QED) is 0.187. The van der Waals surface area contributed by atoms with Crippen molar-refractivity contribution in [2.75, 3.05) is 18.6 Å². The Morgan fingerprint density at radius 1 is 0.975 bits per heavy atom. The molecule has 3 aromatic rings. The summed E-state index contributed by atoms with van der Waals surface area (Å²) in [7, 11) is -8.10. The predicted octanol–water partition coefficient (Wildman–Crippen LogP) is 4.64. The van der Waals surface area contributed by atoms with E-state index in [-0.39, 0.29) is 23.4 Å². The van der Waals surface area contributed by atoms with Crippen molar-refractivity contribution in [3.05, 3.63) is 114 Å². The summed E-state index contributed by atoms with van der Waals surface area (Å²) >= 11 is 0. The van der Waals surface area contributed by atoms with Gasteiger partial charge in [0.2, 0.25) is 10.0 Å². The third-order valence-corrected chi connectivity index (χ3v) is 9.10. The molecule has 0 fully saturated rings. The third-order valence-electron chi connectivity index (χ3n) is 6.28. The Bertz CT molecular complexity index is 1590. The maximum atomic E-state index is 14.0. The van der Waals surface area contributed by atoms with Gasteiger partial charge in [-0.2, -0.15) is 4.31 Å². The van der Waals surface area contributed by atoms with Crippen molar-refractivity contribution in [2.24, 2.45) is 0 Å². The number of carbonyl (C=O) groups is 1. The van der Waals surface area contributed by atoms with E-state index in [4.69, 9.17) is 4.74 Å². The molecule has 210 valence electrons. The zero-order valence-corrected chi connectivity index (χ0v) is 24.4. The zero-order valence-electron chi connectivity index (χ0n) is 22.8. The molecule has 0 aliphatic heterocycles. The average Bonchev–Trinajstić information content (AvgIpc) is 2.93. The molecule has 0 heterocycles. The highest BCUT2D eigenvalue weighted by molar-refractivity contribution is 7.91. The fourth-order valence-corrected chi connectivity index (χ4v) is 6.92. The summed E-state index contributed by atoms with van der Waals surface area (Å²) in [6.45, 7) is 6.98. The van der Waals surface area contributed by atoms with E-state index >= 15 is 0 Å². The van der Waals surface area contributed by atoms with Gasteiger partial charge in [0.1, 0.15) is 9.84 Å². The number of rotatable bonds is 11. The van der Waals surface area contributed by atoms with Gasteiger partial charge in [-0.1, -0.05) is 73.0 Å². The van der Waals surface area contributed by atoms with Crippen molar-refractivity contribution >= 4 is 25.8 Å². The maximum Gasteiger partial charge on any atom is 0.339 e. The molecule has 0 aromatic heterocycles. The highest BCUT2D eigenvalue weighted by Gasteiger charge is 2.49. The van der Waals surface area contributed by atoms with E-state index in [1.54, 1.807) is 73.7 Å². The smallest absolute Gasteiger partial charge is 0.339 e. The fourth-order valence-electron chi connectivity index (χ4n) is 4.17. The molecule has 0 saturated carbocycles. The van der Waals surface area contributed by atoms with Crippen LogP contribution in [0.4, 0.5) is 0 Å². The average molecular weight is 580 g/mol. The standard InChI is InChI=1S/C31H33NO6S2/c1-5-23-32(40(36,37)28-19-17-25(3)18-20-28)29(24-39(4,34)35)31(6-2,22-21-26-13-9-7-10-14-26)38-30(33)27-15-11-8-12-16-27/h5,7-20,29H,1,6,23-24H2,2-4H3/t29?,31-/m0/s1. The minimum atomic E-state index is -4.29. The van der Waals surface area contributed by atoms with E-state index < -0.39 is 43.2 Å². The first-order chi connectivity index (χ1) is 18.9. The van der Waals surface area contributed by atoms with Crippen LogP contribution in [0.5, 0.6) is 0 Å². The number of nitrogens with zero attached hydrogens (tertiary/aromatic N) is 1. The van der Waals surface area contributed by atoms with Gasteiger partial charge in [0, 0.05) is 18.4 Å². The second-order valence-corrected chi connectivity index (χ2v) is 13.5. The number of sulfonamides is 1. The SMILES string of the molecule is C=CCN(C(CS(C)(=O)=O)[C@@](C#Cc1ccccc1)(CC)OC(=O)c1ccccc1)S(=O)(=O)c1ccc(C)cc1. The molecule has 0 spiro atoms. The molecule has 2 atom stereocenters. The predicted molar refractivity (Wildman–Crippen MR) is 157 cm³/mol. The van der Waals surface area contributed by atoms with Crippen molar-refractivity contribution in [1.82, 2.24) is 4.31 Å². The molecule has 0 N–H and O–H groups in total. The summed E-state index contributed by atoms with van der Waals surface area (Å²) in [5.74, 6) is 4.58. The fraction of sp³-hybridized carbons (Fsp3) is 0.258. The van der Waals surface area contributed by atoms with Gasteiger partial charge in [-0.15, -0.1) is 6.58 Å². The largest absolute Gasteiger partial charge is 0.440 e. The number of esters is 1. The van der Waals surface area contributed by atoms with Crippen molar-refractivity contribution in [3.63, 3.8) is 0 Å². The van der Waals surface area contributed by atoms with Crippen LogP contribution in [0.3, 0.4) is 0 Å². The molecule has 0 aliphatic carbocycles. The van der Waals surface area contributed by atoms with Gasteiger partial charge >= 0.3 is 5.97 Å². The number of sulfone groups is 1. The number of hydrogen-bond donors (Lipinski definition) is 0. The van der Waals surface area contributed by atoms with Gasteiger partial charge in [0.15, 0.2) is 5.60 Å². The van der Waals surface area contributed by atoms with E-state index in [0.717, 1.165) is 16.1 Å². The first kappa shape index (κ1) is 30.8. The van der Waals surface area contributed by atoms with Gasteiger partial charge in [0.25, 0.3) is 0 Å². The Hall–Kier alpha value is -3.71. The topological polar surface area (TPSA) is 97.8 Å². The Kier molecular flexibility index (Phi) is 10.1. The second-order valence-electron chi connectivity index (χ2n) is 9.40. The summed E-state index contributed by atoms with van der Waals surface area (Å²) in [5, 5.41) is 0. The first-order valence-electron chi connectivity index (χ1n) is 12.7. The number of ether oxygens (including phenoxy) is 1.